The first-order chi connectivity index (χ1) is 7.13. The molecule has 1 unspecified atom stereocenters. The average molecular weight is 228 g/mol. The maximum atomic E-state index is 5.77. The molecule has 0 radical (unpaired) electrons. The van der Waals surface area contributed by atoms with Gasteiger partial charge >= 0.3 is 0 Å². The fraction of sp³-hybridized carbons (Fsp3) is 0.636. The van der Waals surface area contributed by atoms with E-state index in [9.17, 15) is 0 Å². The lowest BCUT2D eigenvalue weighted by molar-refractivity contribution is 0.511. The molecule has 1 aromatic heterocycles. The Labute approximate surface area is 96.3 Å². The highest BCUT2D eigenvalue weighted by atomic mass is 35.5. The van der Waals surface area contributed by atoms with Crippen molar-refractivity contribution in [3.8, 4) is 0 Å². The predicted molar refractivity (Wildman–Crippen MR) is 64.4 cm³/mol. The molecule has 0 aromatic carbocycles. The zero-order valence-corrected chi connectivity index (χ0v) is 10.3. The molecule has 0 fully saturated rings. The van der Waals surface area contributed by atoms with E-state index in [2.05, 4.69) is 29.1 Å². The van der Waals surface area contributed by atoms with Crippen molar-refractivity contribution in [3.63, 3.8) is 0 Å². The molecule has 0 spiro atoms. The van der Waals surface area contributed by atoms with E-state index in [1.54, 1.807) is 6.33 Å². The molecule has 0 amide bonds. The van der Waals surface area contributed by atoms with Crippen molar-refractivity contribution in [1.82, 2.24) is 9.97 Å². The molecule has 0 saturated heterocycles. The summed E-state index contributed by atoms with van der Waals surface area (Å²) < 4.78 is 0. The van der Waals surface area contributed by atoms with E-state index in [0.29, 0.717) is 17.8 Å². The minimum atomic E-state index is 0.372. The summed E-state index contributed by atoms with van der Waals surface area (Å²) in [5, 5.41) is 3.38. The van der Waals surface area contributed by atoms with Crippen LogP contribution in [0.4, 0.5) is 5.82 Å². The Bertz CT molecular complexity index is 302. The van der Waals surface area contributed by atoms with Gasteiger partial charge in [0.1, 0.15) is 12.1 Å². The number of hydrogen-bond donors (Lipinski definition) is 1. The summed E-state index contributed by atoms with van der Waals surface area (Å²) in [6, 6.07) is 2.32. The quantitative estimate of drug-likeness (QED) is 0.787. The lowest BCUT2D eigenvalue weighted by Gasteiger charge is -2.21. The van der Waals surface area contributed by atoms with Crippen LogP contribution in [0.25, 0.3) is 0 Å². The molecule has 1 heterocycles. The van der Waals surface area contributed by atoms with Gasteiger partial charge in [0.2, 0.25) is 0 Å². The molecule has 1 aromatic rings. The molecular formula is C11H18ClN3. The van der Waals surface area contributed by atoms with Crippen molar-refractivity contribution in [3.05, 3.63) is 18.1 Å². The van der Waals surface area contributed by atoms with E-state index in [0.717, 1.165) is 17.9 Å². The monoisotopic (exact) mass is 227 g/mol. The third kappa shape index (κ3) is 4.04. The highest BCUT2D eigenvalue weighted by Gasteiger charge is 2.12. The largest absolute Gasteiger partial charge is 0.367 e. The molecule has 84 valence electrons. The zero-order valence-electron chi connectivity index (χ0n) is 9.50. The summed E-state index contributed by atoms with van der Waals surface area (Å²) in [4.78, 5) is 8.24. The van der Waals surface area contributed by atoms with Crippen LogP contribution in [0.3, 0.4) is 0 Å². The number of hydrogen-bond acceptors (Lipinski definition) is 3. The van der Waals surface area contributed by atoms with Gasteiger partial charge in [-0.15, -0.1) is 11.6 Å². The summed E-state index contributed by atoms with van der Waals surface area (Å²) in [5.74, 6) is 2.09. The number of nitrogens with zero attached hydrogens (tertiary/aromatic N) is 2. The van der Waals surface area contributed by atoms with Gasteiger partial charge in [-0.25, -0.2) is 9.97 Å². The van der Waals surface area contributed by atoms with E-state index in [1.807, 2.05) is 13.0 Å². The molecule has 1 N–H and O–H groups in total. The van der Waals surface area contributed by atoms with Crippen molar-refractivity contribution in [2.45, 2.75) is 33.2 Å². The number of nitrogens with one attached hydrogen (secondary N) is 1. The SMILES string of the molecule is Cc1cc(NC(CCCl)C(C)C)ncn1. The Morgan fingerprint density at radius 1 is 1.40 bits per heavy atom. The third-order valence-electron chi connectivity index (χ3n) is 2.36. The molecule has 0 aliphatic rings. The number of rotatable bonds is 5. The second kappa shape index (κ2) is 5.91. The van der Waals surface area contributed by atoms with Gasteiger partial charge in [-0.05, 0) is 19.3 Å². The minimum Gasteiger partial charge on any atom is -0.367 e. The van der Waals surface area contributed by atoms with Crippen LogP contribution in [0, 0.1) is 12.8 Å². The fourth-order valence-electron chi connectivity index (χ4n) is 1.41. The predicted octanol–water partition coefficient (Wildman–Crippen LogP) is 2.85. The zero-order chi connectivity index (χ0) is 11.3. The summed E-state index contributed by atoms with van der Waals surface area (Å²) in [5.41, 5.74) is 0.973. The topological polar surface area (TPSA) is 37.8 Å². The molecule has 4 heteroatoms. The first kappa shape index (κ1) is 12.2. The number of anilines is 1. The van der Waals surface area contributed by atoms with Crippen LogP contribution in [-0.2, 0) is 0 Å². The normalized spacial score (nSPS) is 12.9. The van der Waals surface area contributed by atoms with Crippen LogP contribution in [0.5, 0.6) is 0 Å². The molecule has 0 saturated carbocycles. The molecule has 1 atom stereocenters. The molecule has 15 heavy (non-hydrogen) atoms. The lowest BCUT2D eigenvalue weighted by Crippen LogP contribution is -2.26. The Balaban J connectivity index is 2.65. The summed E-state index contributed by atoms with van der Waals surface area (Å²) in [7, 11) is 0. The Kier molecular flexibility index (Phi) is 4.82. The van der Waals surface area contributed by atoms with Gasteiger partial charge in [0.05, 0.1) is 0 Å². The van der Waals surface area contributed by atoms with E-state index < -0.39 is 0 Å². The van der Waals surface area contributed by atoms with Crippen LogP contribution in [-0.4, -0.2) is 21.9 Å². The van der Waals surface area contributed by atoms with Gasteiger partial charge < -0.3 is 5.32 Å². The Morgan fingerprint density at radius 3 is 2.67 bits per heavy atom. The smallest absolute Gasteiger partial charge is 0.129 e. The van der Waals surface area contributed by atoms with Crippen molar-refractivity contribution in [1.29, 1.82) is 0 Å². The van der Waals surface area contributed by atoms with Gasteiger partial charge in [-0.1, -0.05) is 13.8 Å². The third-order valence-corrected chi connectivity index (χ3v) is 2.58. The summed E-state index contributed by atoms with van der Waals surface area (Å²) in [6.07, 6.45) is 2.53. The van der Waals surface area contributed by atoms with E-state index in [-0.39, 0.29) is 0 Å². The van der Waals surface area contributed by atoms with Crippen LogP contribution >= 0.6 is 11.6 Å². The van der Waals surface area contributed by atoms with Gasteiger partial charge in [-0.3, -0.25) is 0 Å². The Morgan fingerprint density at radius 2 is 2.13 bits per heavy atom. The first-order valence-corrected chi connectivity index (χ1v) is 5.78. The van der Waals surface area contributed by atoms with Crippen molar-refractivity contribution in [2.24, 2.45) is 5.92 Å². The second-order valence-electron chi connectivity index (χ2n) is 4.02. The molecule has 0 aliphatic heterocycles. The maximum Gasteiger partial charge on any atom is 0.129 e. The number of aromatic nitrogens is 2. The van der Waals surface area contributed by atoms with Gasteiger partial charge in [0, 0.05) is 23.7 Å². The number of halogens is 1. The lowest BCUT2D eigenvalue weighted by atomic mass is 10.0. The molecule has 0 bridgehead atoms. The van der Waals surface area contributed by atoms with E-state index in [1.165, 1.54) is 0 Å². The number of aryl methyl sites for hydroxylation is 1. The van der Waals surface area contributed by atoms with Crippen molar-refractivity contribution < 1.29 is 0 Å². The van der Waals surface area contributed by atoms with Gasteiger partial charge in [-0.2, -0.15) is 0 Å². The van der Waals surface area contributed by atoms with Crippen LogP contribution in [0.1, 0.15) is 26.0 Å². The number of alkyl halides is 1. The molecule has 0 aliphatic carbocycles. The van der Waals surface area contributed by atoms with Gasteiger partial charge in [0.25, 0.3) is 0 Å². The minimum absolute atomic E-state index is 0.372. The van der Waals surface area contributed by atoms with Crippen molar-refractivity contribution >= 4 is 17.4 Å². The highest BCUT2D eigenvalue weighted by Crippen LogP contribution is 2.13. The summed E-state index contributed by atoms with van der Waals surface area (Å²) in [6.45, 7) is 6.31. The van der Waals surface area contributed by atoms with Crippen molar-refractivity contribution in [2.75, 3.05) is 11.2 Å². The van der Waals surface area contributed by atoms with Crippen LogP contribution in [0.2, 0.25) is 0 Å². The molecule has 1 rings (SSSR count). The second-order valence-corrected chi connectivity index (χ2v) is 4.40. The van der Waals surface area contributed by atoms with Crippen LogP contribution < -0.4 is 5.32 Å². The molecular weight excluding hydrogens is 210 g/mol. The molecule has 3 nitrogen and oxygen atoms in total. The van der Waals surface area contributed by atoms with Crippen LogP contribution in [0.15, 0.2) is 12.4 Å². The Hall–Kier alpha value is -0.830. The van der Waals surface area contributed by atoms with E-state index >= 15 is 0 Å². The first-order valence-electron chi connectivity index (χ1n) is 5.24. The standard InChI is InChI=1S/C11H18ClN3/c1-8(2)10(4-5-12)15-11-6-9(3)13-7-14-11/h6-8,10H,4-5H2,1-3H3,(H,13,14,15). The average Bonchev–Trinajstić information content (AvgIpc) is 2.17. The fourth-order valence-corrected chi connectivity index (χ4v) is 1.65. The van der Waals surface area contributed by atoms with Gasteiger partial charge in [0.15, 0.2) is 0 Å². The maximum absolute atomic E-state index is 5.77. The highest BCUT2D eigenvalue weighted by molar-refractivity contribution is 6.17. The van der Waals surface area contributed by atoms with E-state index in [4.69, 9.17) is 11.6 Å². The summed E-state index contributed by atoms with van der Waals surface area (Å²) >= 11 is 5.77.